The smallest absolute Gasteiger partial charge is 0.477 e. The van der Waals surface area contributed by atoms with Crippen molar-refractivity contribution in [2.45, 2.75) is 6.36 Å². The fourth-order valence-corrected chi connectivity index (χ4v) is 1.10. The summed E-state index contributed by atoms with van der Waals surface area (Å²) >= 11 is 0. The van der Waals surface area contributed by atoms with Crippen LogP contribution in [0.3, 0.4) is 0 Å². The lowest BCUT2D eigenvalue weighted by Crippen LogP contribution is -2.19. The summed E-state index contributed by atoms with van der Waals surface area (Å²) < 4.78 is 39.2. The molecule has 0 amide bonds. The number of carboxylic acid groups (broad SMARTS) is 1. The minimum absolute atomic E-state index is 0.684. The molecule has 1 rings (SSSR count). The molecular weight excluding hydrogens is 247 g/mol. The molecule has 92 valence electrons. The number of nitrogens with zero attached hydrogens (tertiary/aromatic N) is 1. The molecule has 9 heteroatoms. The van der Waals surface area contributed by atoms with Crippen LogP contribution in [0.5, 0.6) is 5.75 Å². The van der Waals surface area contributed by atoms with E-state index in [0.29, 0.717) is 6.07 Å². The predicted molar refractivity (Wildman–Crippen MR) is 46.7 cm³/mol. The number of carboxylic acids is 1. The van der Waals surface area contributed by atoms with E-state index in [1.807, 2.05) is 0 Å². The molecular formula is C8H4F3NO5. The van der Waals surface area contributed by atoms with Gasteiger partial charge in [-0.3, -0.25) is 10.1 Å². The maximum Gasteiger partial charge on any atom is 0.573 e. The second-order valence-electron chi connectivity index (χ2n) is 2.76. The van der Waals surface area contributed by atoms with Crippen LogP contribution in [0.15, 0.2) is 18.2 Å². The van der Waals surface area contributed by atoms with Gasteiger partial charge in [-0.25, -0.2) is 4.79 Å². The molecule has 1 aromatic rings. The highest BCUT2D eigenvalue weighted by molar-refractivity contribution is 5.95. The number of nitro benzene ring substituents is 1. The molecule has 0 saturated heterocycles. The minimum atomic E-state index is -5.13. The van der Waals surface area contributed by atoms with Gasteiger partial charge in [0, 0.05) is 6.07 Å². The zero-order valence-corrected chi connectivity index (χ0v) is 7.89. The number of rotatable bonds is 3. The Morgan fingerprint density at radius 3 is 2.41 bits per heavy atom. The molecule has 0 spiro atoms. The van der Waals surface area contributed by atoms with Crippen molar-refractivity contribution >= 4 is 11.7 Å². The molecule has 1 N–H and O–H groups in total. The lowest BCUT2D eigenvalue weighted by molar-refractivity contribution is -0.385. The predicted octanol–water partition coefficient (Wildman–Crippen LogP) is 2.19. The lowest BCUT2D eigenvalue weighted by Gasteiger charge is -2.10. The summed E-state index contributed by atoms with van der Waals surface area (Å²) in [5.41, 5.74) is -2.12. The van der Waals surface area contributed by atoms with Gasteiger partial charge in [-0.1, -0.05) is 6.07 Å². The van der Waals surface area contributed by atoms with E-state index in [1.165, 1.54) is 0 Å². The molecule has 0 unspecified atom stereocenters. The number of aromatic carboxylic acids is 1. The Morgan fingerprint density at radius 2 is 2.00 bits per heavy atom. The topological polar surface area (TPSA) is 89.7 Å². The number of nitro groups is 1. The second-order valence-corrected chi connectivity index (χ2v) is 2.76. The number of alkyl halides is 3. The number of hydrogen-bond acceptors (Lipinski definition) is 4. The number of carbonyl (C=O) groups is 1. The molecule has 0 fully saturated rings. The first-order valence-corrected chi connectivity index (χ1v) is 3.99. The Hall–Kier alpha value is -2.32. The largest absolute Gasteiger partial charge is 0.573 e. The summed E-state index contributed by atoms with van der Waals surface area (Å²) in [7, 11) is 0. The van der Waals surface area contributed by atoms with Crippen molar-refractivity contribution in [2.24, 2.45) is 0 Å². The summed E-state index contributed by atoms with van der Waals surface area (Å²) in [5, 5.41) is 19.1. The van der Waals surface area contributed by atoms with E-state index in [4.69, 9.17) is 5.11 Å². The van der Waals surface area contributed by atoms with Gasteiger partial charge in [0.1, 0.15) is 0 Å². The van der Waals surface area contributed by atoms with Crippen LogP contribution in [-0.2, 0) is 0 Å². The summed E-state index contributed by atoms with van der Waals surface area (Å²) in [5.74, 6) is -3.00. The van der Waals surface area contributed by atoms with Crippen molar-refractivity contribution in [1.29, 1.82) is 0 Å². The van der Waals surface area contributed by atoms with Gasteiger partial charge in [-0.05, 0) is 6.07 Å². The number of halogens is 3. The molecule has 0 aromatic heterocycles. The first-order valence-electron chi connectivity index (χ1n) is 3.99. The van der Waals surface area contributed by atoms with Crippen molar-refractivity contribution in [3.63, 3.8) is 0 Å². The highest BCUT2D eigenvalue weighted by Gasteiger charge is 2.35. The maximum atomic E-state index is 11.9. The first kappa shape index (κ1) is 12.7. The van der Waals surface area contributed by atoms with Crippen LogP contribution in [0.4, 0.5) is 18.9 Å². The van der Waals surface area contributed by atoms with Crippen LogP contribution in [0.1, 0.15) is 10.4 Å². The van der Waals surface area contributed by atoms with Crippen LogP contribution in [-0.4, -0.2) is 22.4 Å². The fourth-order valence-electron chi connectivity index (χ4n) is 1.10. The number of hydrogen-bond donors (Lipinski definition) is 1. The van der Waals surface area contributed by atoms with E-state index < -0.39 is 34.3 Å². The van der Waals surface area contributed by atoms with E-state index in [1.54, 1.807) is 0 Å². The Kier molecular flexibility index (Phi) is 3.21. The van der Waals surface area contributed by atoms with Crippen LogP contribution in [0.2, 0.25) is 0 Å². The molecule has 0 heterocycles. The van der Waals surface area contributed by atoms with Gasteiger partial charge in [0.15, 0.2) is 11.3 Å². The van der Waals surface area contributed by atoms with Gasteiger partial charge in [-0.2, -0.15) is 0 Å². The van der Waals surface area contributed by atoms with Crippen molar-refractivity contribution in [3.8, 4) is 5.75 Å². The Balaban J connectivity index is 3.35. The van der Waals surface area contributed by atoms with Gasteiger partial charge in [0.05, 0.1) is 4.92 Å². The number of benzene rings is 1. The van der Waals surface area contributed by atoms with E-state index in [0.717, 1.165) is 12.1 Å². The van der Waals surface area contributed by atoms with E-state index in [9.17, 15) is 28.1 Å². The van der Waals surface area contributed by atoms with Crippen LogP contribution in [0, 0.1) is 10.1 Å². The molecule has 1 aromatic carbocycles. The zero-order chi connectivity index (χ0) is 13.2. The molecule has 0 aliphatic rings. The van der Waals surface area contributed by atoms with Gasteiger partial charge in [-0.15, -0.1) is 13.2 Å². The molecule has 0 saturated carbocycles. The summed E-state index contributed by atoms with van der Waals surface area (Å²) in [6.07, 6.45) is -5.13. The van der Waals surface area contributed by atoms with Gasteiger partial charge in [0.25, 0.3) is 5.69 Å². The molecule has 0 atom stereocenters. The third kappa shape index (κ3) is 3.06. The van der Waals surface area contributed by atoms with Crippen molar-refractivity contribution < 1.29 is 32.7 Å². The maximum absolute atomic E-state index is 11.9. The summed E-state index contributed by atoms with van der Waals surface area (Å²) in [6.45, 7) is 0. The lowest BCUT2D eigenvalue weighted by atomic mass is 10.1. The second kappa shape index (κ2) is 4.28. The van der Waals surface area contributed by atoms with E-state index >= 15 is 0 Å². The average Bonchev–Trinajstić information content (AvgIpc) is 2.14. The Morgan fingerprint density at radius 1 is 1.41 bits per heavy atom. The highest BCUT2D eigenvalue weighted by atomic mass is 19.4. The fraction of sp³-hybridized carbons (Fsp3) is 0.125. The van der Waals surface area contributed by atoms with Crippen LogP contribution < -0.4 is 4.74 Å². The van der Waals surface area contributed by atoms with Crippen molar-refractivity contribution in [3.05, 3.63) is 33.9 Å². The Bertz CT molecular complexity index is 471. The standard InChI is InChI=1S/C8H4F3NO5/c9-8(10,11)17-5-3-1-2-4(12(15)16)6(5)7(13)14/h1-3H,(H,13,14). The van der Waals surface area contributed by atoms with E-state index in [-0.39, 0.29) is 0 Å². The van der Waals surface area contributed by atoms with Crippen molar-refractivity contribution in [2.75, 3.05) is 0 Å². The van der Waals surface area contributed by atoms with Crippen LogP contribution in [0.25, 0.3) is 0 Å². The average molecular weight is 251 g/mol. The minimum Gasteiger partial charge on any atom is -0.477 e. The van der Waals surface area contributed by atoms with Gasteiger partial charge in [0.2, 0.25) is 0 Å². The Labute approximate surface area is 91.4 Å². The molecule has 0 aliphatic carbocycles. The normalized spacial score (nSPS) is 11.0. The third-order valence-electron chi connectivity index (χ3n) is 1.64. The first-order chi connectivity index (χ1) is 7.72. The van der Waals surface area contributed by atoms with Gasteiger partial charge < -0.3 is 9.84 Å². The summed E-state index contributed by atoms with van der Waals surface area (Å²) in [4.78, 5) is 20.0. The SMILES string of the molecule is O=C(O)c1c(OC(F)(F)F)cccc1[N+](=O)[O-]. The monoisotopic (exact) mass is 251 g/mol. The number of ether oxygens (including phenoxy) is 1. The molecule has 6 nitrogen and oxygen atoms in total. The summed E-state index contributed by atoms with van der Waals surface area (Å²) in [6, 6.07) is 2.35. The molecule has 17 heavy (non-hydrogen) atoms. The van der Waals surface area contributed by atoms with Crippen LogP contribution >= 0.6 is 0 Å². The van der Waals surface area contributed by atoms with Gasteiger partial charge >= 0.3 is 12.3 Å². The quantitative estimate of drug-likeness (QED) is 0.656. The van der Waals surface area contributed by atoms with E-state index in [2.05, 4.69) is 4.74 Å². The zero-order valence-electron chi connectivity index (χ0n) is 7.89. The highest BCUT2D eigenvalue weighted by Crippen LogP contribution is 2.32. The molecule has 0 aliphatic heterocycles. The van der Waals surface area contributed by atoms with Crippen molar-refractivity contribution in [1.82, 2.24) is 0 Å². The molecule has 0 radical (unpaired) electrons. The third-order valence-corrected chi connectivity index (χ3v) is 1.64. The molecule has 0 bridgehead atoms.